The molecule has 0 spiro atoms. The smallest absolute Gasteiger partial charge is 0.414 e. The molecule has 226 valence electrons. The minimum Gasteiger partial charge on any atom is -0.442 e. The summed E-state index contributed by atoms with van der Waals surface area (Å²) in [7, 11) is 0. The number of carbonyl (C=O) groups excluding carboxylic acids is 2. The van der Waals surface area contributed by atoms with Crippen molar-refractivity contribution in [2.24, 2.45) is 0 Å². The van der Waals surface area contributed by atoms with Crippen molar-refractivity contribution in [1.29, 1.82) is 0 Å². The lowest BCUT2D eigenvalue weighted by molar-refractivity contribution is -0.119. The van der Waals surface area contributed by atoms with Gasteiger partial charge in [0.2, 0.25) is 5.91 Å². The molecule has 1 aliphatic rings. The third-order valence-electron chi connectivity index (χ3n) is 8.01. The number of hydrogen-bond donors (Lipinski definition) is 2. The maximum absolute atomic E-state index is 15.4. The van der Waals surface area contributed by atoms with Crippen LogP contribution in [-0.4, -0.2) is 36.2 Å². The van der Waals surface area contributed by atoms with E-state index in [0.717, 1.165) is 22.4 Å². The summed E-state index contributed by atoms with van der Waals surface area (Å²) in [5, 5.41) is 6.46. The van der Waals surface area contributed by atoms with Crippen LogP contribution in [0.5, 0.6) is 0 Å². The Hall–Kier alpha value is -5.34. The lowest BCUT2D eigenvalue weighted by Gasteiger charge is -2.37. The Morgan fingerprint density at radius 3 is 2.00 bits per heavy atom. The minimum atomic E-state index is -0.635. The predicted molar refractivity (Wildman–Crippen MR) is 172 cm³/mol. The molecule has 8 heteroatoms. The van der Waals surface area contributed by atoms with Gasteiger partial charge in [-0.15, -0.1) is 0 Å². The van der Waals surface area contributed by atoms with E-state index >= 15 is 4.39 Å². The van der Waals surface area contributed by atoms with Gasteiger partial charge in [0.05, 0.1) is 30.0 Å². The molecule has 6 rings (SSSR count). The monoisotopic (exact) mass is 600 g/mol. The SMILES string of the molecule is CC(=O)NC[C@H]1CN(c2ccc(-c3ccc(CNC(c4ccccc4)(c4ccccc4)c4ccccc4)nc3)c(F)c2)C(=O)O1. The topological polar surface area (TPSA) is 83.6 Å². The number of benzene rings is 4. The average molecular weight is 601 g/mol. The molecule has 4 aromatic carbocycles. The van der Waals surface area contributed by atoms with Gasteiger partial charge in [0.15, 0.2) is 0 Å². The molecule has 5 aromatic rings. The first-order chi connectivity index (χ1) is 21.9. The Bertz CT molecular complexity index is 1670. The summed E-state index contributed by atoms with van der Waals surface area (Å²) in [6.07, 6.45) is 0.588. The largest absolute Gasteiger partial charge is 0.442 e. The molecule has 0 saturated carbocycles. The number of ether oxygens (including phenoxy) is 1. The number of halogens is 1. The van der Waals surface area contributed by atoms with Gasteiger partial charge in [-0.05, 0) is 41.0 Å². The Morgan fingerprint density at radius 1 is 0.889 bits per heavy atom. The zero-order valence-electron chi connectivity index (χ0n) is 24.8. The third kappa shape index (κ3) is 6.32. The normalized spacial score (nSPS) is 14.7. The molecule has 1 saturated heterocycles. The van der Waals surface area contributed by atoms with Crippen molar-refractivity contribution in [2.75, 3.05) is 18.0 Å². The number of pyridine rings is 1. The molecule has 45 heavy (non-hydrogen) atoms. The van der Waals surface area contributed by atoms with E-state index in [1.807, 2.05) is 66.7 Å². The van der Waals surface area contributed by atoms with Gasteiger partial charge >= 0.3 is 6.09 Å². The van der Waals surface area contributed by atoms with E-state index in [1.54, 1.807) is 18.3 Å². The second-order valence-electron chi connectivity index (χ2n) is 11.0. The highest BCUT2D eigenvalue weighted by Gasteiger charge is 2.36. The van der Waals surface area contributed by atoms with E-state index in [-0.39, 0.29) is 19.0 Å². The van der Waals surface area contributed by atoms with E-state index in [1.165, 1.54) is 17.9 Å². The van der Waals surface area contributed by atoms with Crippen molar-refractivity contribution in [3.63, 3.8) is 0 Å². The Balaban J connectivity index is 1.23. The van der Waals surface area contributed by atoms with E-state index in [2.05, 4.69) is 52.0 Å². The fraction of sp³-hybridized carbons (Fsp3) is 0.162. The number of cyclic esters (lactones) is 1. The minimum absolute atomic E-state index is 0.203. The molecule has 7 nitrogen and oxygen atoms in total. The molecule has 2 heterocycles. The van der Waals surface area contributed by atoms with Crippen LogP contribution >= 0.6 is 0 Å². The molecule has 0 unspecified atom stereocenters. The summed E-state index contributed by atoms with van der Waals surface area (Å²) in [6, 6.07) is 39.4. The number of amides is 2. The van der Waals surface area contributed by atoms with Gasteiger partial charge in [0.1, 0.15) is 11.9 Å². The number of anilines is 1. The number of aromatic nitrogens is 1. The summed E-state index contributed by atoms with van der Waals surface area (Å²) in [4.78, 5) is 29.6. The van der Waals surface area contributed by atoms with Crippen LogP contribution in [-0.2, 0) is 21.6 Å². The van der Waals surface area contributed by atoms with Crippen molar-refractivity contribution < 1.29 is 18.7 Å². The maximum Gasteiger partial charge on any atom is 0.414 e. The zero-order valence-corrected chi connectivity index (χ0v) is 24.8. The van der Waals surface area contributed by atoms with E-state index in [9.17, 15) is 9.59 Å². The van der Waals surface area contributed by atoms with Crippen molar-refractivity contribution in [3.8, 4) is 11.1 Å². The Morgan fingerprint density at radius 2 is 1.49 bits per heavy atom. The van der Waals surface area contributed by atoms with Crippen LogP contribution in [0.2, 0.25) is 0 Å². The molecule has 1 atom stereocenters. The molecular weight excluding hydrogens is 567 g/mol. The second-order valence-corrected chi connectivity index (χ2v) is 11.0. The van der Waals surface area contributed by atoms with Gasteiger partial charge < -0.3 is 10.1 Å². The van der Waals surface area contributed by atoms with Crippen molar-refractivity contribution in [3.05, 3.63) is 156 Å². The average Bonchev–Trinajstić information content (AvgIpc) is 3.46. The highest BCUT2D eigenvalue weighted by molar-refractivity contribution is 5.90. The van der Waals surface area contributed by atoms with E-state index in [0.29, 0.717) is 23.4 Å². The molecule has 0 aliphatic carbocycles. The van der Waals surface area contributed by atoms with E-state index in [4.69, 9.17) is 4.74 Å². The quantitative estimate of drug-likeness (QED) is 0.181. The van der Waals surface area contributed by atoms with Gasteiger partial charge in [0, 0.05) is 30.8 Å². The summed E-state index contributed by atoms with van der Waals surface area (Å²) in [5.41, 5.74) is 4.85. The molecule has 0 bridgehead atoms. The summed E-state index contributed by atoms with van der Waals surface area (Å²) < 4.78 is 20.7. The lowest BCUT2D eigenvalue weighted by atomic mass is 9.77. The second kappa shape index (κ2) is 13.1. The fourth-order valence-electron chi connectivity index (χ4n) is 5.78. The van der Waals surface area contributed by atoms with Crippen LogP contribution in [0.1, 0.15) is 29.3 Å². The van der Waals surface area contributed by atoms with Gasteiger partial charge in [-0.25, -0.2) is 9.18 Å². The van der Waals surface area contributed by atoms with Gasteiger partial charge in [-0.2, -0.15) is 0 Å². The standard InChI is InChI=1S/C37H33FN4O3/c1-26(43)39-24-33-25-42(36(44)45-33)32-19-20-34(35(38)21-32)27-17-18-31(40-22-27)23-41-37(28-11-5-2-6-12-28,29-13-7-3-8-14-29)30-15-9-4-10-16-30/h2-22,33,41H,23-25H2,1H3,(H,39,43)/t33-/m0/s1. The molecule has 0 radical (unpaired) electrons. The third-order valence-corrected chi connectivity index (χ3v) is 8.01. The van der Waals surface area contributed by atoms with Crippen LogP contribution < -0.4 is 15.5 Å². The number of rotatable bonds is 10. The molecule has 2 N–H and O–H groups in total. The summed E-state index contributed by atoms with van der Waals surface area (Å²) in [5.74, 6) is -0.687. The summed E-state index contributed by atoms with van der Waals surface area (Å²) in [6.45, 7) is 2.27. The lowest BCUT2D eigenvalue weighted by Crippen LogP contribution is -2.44. The predicted octanol–water partition coefficient (Wildman–Crippen LogP) is 6.43. The van der Waals surface area contributed by atoms with Crippen LogP contribution in [0, 0.1) is 5.82 Å². The van der Waals surface area contributed by atoms with Gasteiger partial charge in [0.25, 0.3) is 0 Å². The molecular formula is C37H33FN4O3. The highest BCUT2D eigenvalue weighted by Crippen LogP contribution is 2.37. The van der Waals surface area contributed by atoms with Crippen molar-refractivity contribution >= 4 is 17.7 Å². The van der Waals surface area contributed by atoms with Crippen LogP contribution in [0.15, 0.2) is 128 Å². The first-order valence-electron chi connectivity index (χ1n) is 14.8. The van der Waals surface area contributed by atoms with Gasteiger partial charge in [-0.3, -0.25) is 20.0 Å². The van der Waals surface area contributed by atoms with E-state index < -0.39 is 23.6 Å². The van der Waals surface area contributed by atoms with Crippen molar-refractivity contribution in [1.82, 2.24) is 15.6 Å². The number of nitrogens with one attached hydrogen (secondary N) is 2. The van der Waals surface area contributed by atoms with Crippen LogP contribution in [0.3, 0.4) is 0 Å². The Labute approximate surface area is 261 Å². The molecule has 2 amide bonds. The highest BCUT2D eigenvalue weighted by atomic mass is 19.1. The first-order valence-corrected chi connectivity index (χ1v) is 14.8. The number of carbonyl (C=O) groups is 2. The van der Waals surface area contributed by atoms with Gasteiger partial charge in [-0.1, -0.05) is 97.1 Å². The Kier molecular flexibility index (Phi) is 8.66. The fourth-order valence-corrected chi connectivity index (χ4v) is 5.78. The molecule has 1 aromatic heterocycles. The summed E-state index contributed by atoms with van der Waals surface area (Å²) >= 11 is 0. The molecule has 1 aliphatic heterocycles. The first kappa shape index (κ1) is 29.7. The number of hydrogen-bond acceptors (Lipinski definition) is 5. The maximum atomic E-state index is 15.4. The molecule has 1 fully saturated rings. The van der Waals surface area contributed by atoms with Crippen LogP contribution in [0.25, 0.3) is 11.1 Å². The van der Waals surface area contributed by atoms with Crippen LogP contribution in [0.4, 0.5) is 14.9 Å². The number of nitrogens with zero attached hydrogens (tertiary/aromatic N) is 2. The van der Waals surface area contributed by atoms with Crippen molar-refractivity contribution in [2.45, 2.75) is 25.1 Å². The zero-order chi connectivity index (χ0) is 31.2.